The maximum atomic E-state index is 5.95. The van der Waals surface area contributed by atoms with Gasteiger partial charge in [-0.1, -0.05) is 6.92 Å². The van der Waals surface area contributed by atoms with Crippen molar-refractivity contribution in [3.8, 4) is 0 Å². The molecular formula is C15H23N3S. The SMILES string of the molecule is CCC1CN(c2nc3c(cc2CN)CCC3)CCS1. The Kier molecular flexibility index (Phi) is 3.99. The van der Waals surface area contributed by atoms with Crippen LogP contribution < -0.4 is 10.6 Å². The highest BCUT2D eigenvalue weighted by molar-refractivity contribution is 8.00. The number of hydrogen-bond acceptors (Lipinski definition) is 4. The van der Waals surface area contributed by atoms with Gasteiger partial charge in [0.05, 0.1) is 0 Å². The van der Waals surface area contributed by atoms with Gasteiger partial charge in [0.1, 0.15) is 5.82 Å². The molecule has 0 spiro atoms. The molecule has 2 N–H and O–H groups in total. The van der Waals surface area contributed by atoms with E-state index in [9.17, 15) is 0 Å². The first-order valence-corrected chi connectivity index (χ1v) is 8.45. The third-order valence-corrected chi connectivity index (χ3v) is 5.59. The lowest BCUT2D eigenvalue weighted by Gasteiger charge is -2.34. The van der Waals surface area contributed by atoms with E-state index in [0.717, 1.165) is 24.8 Å². The molecule has 0 amide bonds. The van der Waals surface area contributed by atoms with Crippen LogP contribution >= 0.6 is 11.8 Å². The number of anilines is 1. The Hall–Kier alpha value is -0.740. The average Bonchev–Trinajstić information content (AvgIpc) is 2.93. The maximum absolute atomic E-state index is 5.95. The van der Waals surface area contributed by atoms with Crippen molar-refractivity contribution in [3.05, 3.63) is 22.9 Å². The van der Waals surface area contributed by atoms with Crippen molar-refractivity contribution in [2.45, 2.75) is 44.4 Å². The Labute approximate surface area is 120 Å². The molecule has 3 rings (SSSR count). The molecule has 0 bridgehead atoms. The van der Waals surface area contributed by atoms with Crippen LogP contribution in [0.25, 0.3) is 0 Å². The summed E-state index contributed by atoms with van der Waals surface area (Å²) < 4.78 is 0. The summed E-state index contributed by atoms with van der Waals surface area (Å²) >= 11 is 2.10. The standard InChI is InChI=1S/C15H23N3S/c1-2-13-10-18(6-7-19-13)15-12(9-16)8-11-4-3-5-14(11)17-15/h8,13H,2-7,9-10,16H2,1H3. The van der Waals surface area contributed by atoms with Crippen LogP contribution in [0, 0.1) is 0 Å². The molecule has 1 aliphatic heterocycles. The lowest BCUT2D eigenvalue weighted by atomic mass is 10.1. The van der Waals surface area contributed by atoms with Gasteiger partial charge >= 0.3 is 0 Å². The van der Waals surface area contributed by atoms with E-state index in [1.165, 1.54) is 47.7 Å². The zero-order valence-electron chi connectivity index (χ0n) is 11.7. The van der Waals surface area contributed by atoms with Gasteiger partial charge in [-0.15, -0.1) is 0 Å². The lowest BCUT2D eigenvalue weighted by Crippen LogP contribution is -2.39. The maximum Gasteiger partial charge on any atom is 0.133 e. The van der Waals surface area contributed by atoms with E-state index in [2.05, 4.69) is 29.7 Å². The molecule has 1 unspecified atom stereocenters. The van der Waals surface area contributed by atoms with Crippen molar-refractivity contribution in [3.63, 3.8) is 0 Å². The van der Waals surface area contributed by atoms with E-state index < -0.39 is 0 Å². The monoisotopic (exact) mass is 277 g/mol. The number of nitrogens with zero attached hydrogens (tertiary/aromatic N) is 2. The van der Waals surface area contributed by atoms with Gasteiger partial charge in [-0.2, -0.15) is 11.8 Å². The van der Waals surface area contributed by atoms with Gasteiger partial charge in [-0.25, -0.2) is 4.98 Å². The molecule has 2 aliphatic rings. The summed E-state index contributed by atoms with van der Waals surface area (Å²) in [5.41, 5.74) is 9.94. The molecule has 19 heavy (non-hydrogen) atoms. The van der Waals surface area contributed by atoms with E-state index in [0.29, 0.717) is 6.54 Å². The van der Waals surface area contributed by atoms with Gasteiger partial charge in [0, 0.05) is 41.9 Å². The second kappa shape index (κ2) is 5.71. The van der Waals surface area contributed by atoms with E-state index >= 15 is 0 Å². The number of rotatable bonds is 3. The molecule has 4 heteroatoms. The number of fused-ring (bicyclic) bond motifs is 1. The summed E-state index contributed by atoms with van der Waals surface area (Å²) in [4.78, 5) is 7.42. The van der Waals surface area contributed by atoms with Gasteiger partial charge < -0.3 is 10.6 Å². The van der Waals surface area contributed by atoms with E-state index in [4.69, 9.17) is 10.7 Å². The Morgan fingerprint density at radius 2 is 2.37 bits per heavy atom. The Morgan fingerprint density at radius 1 is 1.47 bits per heavy atom. The smallest absolute Gasteiger partial charge is 0.133 e. The van der Waals surface area contributed by atoms with Crippen LogP contribution in [0.3, 0.4) is 0 Å². The fraction of sp³-hybridized carbons (Fsp3) is 0.667. The molecule has 1 saturated heterocycles. The predicted octanol–water partition coefficient (Wildman–Crippen LogP) is 2.36. The third-order valence-electron chi connectivity index (χ3n) is 4.22. The van der Waals surface area contributed by atoms with Crippen molar-refractivity contribution >= 4 is 17.6 Å². The fourth-order valence-corrected chi connectivity index (χ4v) is 4.27. The first kappa shape index (κ1) is 13.3. The van der Waals surface area contributed by atoms with Crippen molar-refractivity contribution in [1.29, 1.82) is 0 Å². The number of pyridine rings is 1. The number of thioether (sulfide) groups is 1. The Morgan fingerprint density at radius 3 is 3.16 bits per heavy atom. The van der Waals surface area contributed by atoms with Crippen LogP contribution in [0.2, 0.25) is 0 Å². The first-order valence-electron chi connectivity index (χ1n) is 7.40. The highest BCUT2D eigenvalue weighted by Gasteiger charge is 2.24. The van der Waals surface area contributed by atoms with Gasteiger partial charge in [0.15, 0.2) is 0 Å². The molecular weight excluding hydrogens is 254 g/mol. The van der Waals surface area contributed by atoms with Gasteiger partial charge in [-0.3, -0.25) is 0 Å². The molecule has 0 aromatic carbocycles. The minimum Gasteiger partial charge on any atom is -0.354 e. The number of aromatic nitrogens is 1. The van der Waals surface area contributed by atoms with Gasteiger partial charge in [0.2, 0.25) is 0 Å². The molecule has 2 heterocycles. The largest absolute Gasteiger partial charge is 0.354 e. The van der Waals surface area contributed by atoms with Gasteiger partial charge in [0.25, 0.3) is 0 Å². The highest BCUT2D eigenvalue weighted by atomic mass is 32.2. The summed E-state index contributed by atoms with van der Waals surface area (Å²) in [6.45, 7) is 5.12. The highest BCUT2D eigenvalue weighted by Crippen LogP contribution is 2.30. The molecule has 1 fully saturated rings. The molecule has 1 aromatic heterocycles. The molecule has 3 nitrogen and oxygen atoms in total. The summed E-state index contributed by atoms with van der Waals surface area (Å²) in [7, 11) is 0. The molecule has 104 valence electrons. The summed E-state index contributed by atoms with van der Waals surface area (Å²) in [6, 6.07) is 2.31. The van der Waals surface area contributed by atoms with Crippen molar-refractivity contribution in [2.24, 2.45) is 5.73 Å². The minimum atomic E-state index is 0.607. The Bertz CT molecular complexity index is 461. The zero-order valence-corrected chi connectivity index (χ0v) is 12.5. The normalized spacial score (nSPS) is 22.6. The molecule has 1 atom stereocenters. The van der Waals surface area contributed by atoms with Crippen LogP contribution in [0.1, 0.15) is 36.6 Å². The van der Waals surface area contributed by atoms with Crippen LogP contribution in [-0.2, 0) is 19.4 Å². The first-order chi connectivity index (χ1) is 9.31. The van der Waals surface area contributed by atoms with Crippen molar-refractivity contribution in [1.82, 2.24) is 4.98 Å². The molecule has 0 radical (unpaired) electrons. The minimum absolute atomic E-state index is 0.607. The second-order valence-corrected chi connectivity index (χ2v) is 6.89. The van der Waals surface area contributed by atoms with Crippen molar-refractivity contribution in [2.75, 3.05) is 23.7 Å². The number of aryl methyl sites for hydroxylation is 2. The number of nitrogens with two attached hydrogens (primary N) is 1. The average molecular weight is 277 g/mol. The second-order valence-electron chi connectivity index (χ2n) is 5.48. The summed E-state index contributed by atoms with van der Waals surface area (Å²) in [6.07, 6.45) is 4.82. The van der Waals surface area contributed by atoms with E-state index in [1.807, 2.05) is 0 Å². The van der Waals surface area contributed by atoms with Crippen LogP contribution in [0.4, 0.5) is 5.82 Å². The Balaban J connectivity index is 1.90. The predicted molar refractivity (Wildman–Crippen MR) is 82.9 cm³/mol. The number of hydrogen-bond donors (Lipinski definition) is 1. The van der Waals surface area contributed by atoms with E-state index in [-0.39, 0.29) is 0 Å². The quantitative estimate of drug-likeness (QED) is 0.921. The topological polar surface area (TPSA) is 42.2 Å². The molecule has 1 aromatic rings. The van der Waals surface area contributed by atoms with E-state index in [1.54, 1.807) is 0 Å². The van der Waals surface area contributed by atoms with Gasteiger partial charge in [-0.05, 0) is 37.3 Å². The zero-order chi connectivity index (χ0) is 13.2. The van der Waals surface area contributed by atoms with Crippen LogP contribution in [-0.4, -0.2) is 29.1 Å². The van der Waals surface area contributed by atoms with Crippen LogP contribution in [0.5, 0.6) is 0 Å². The summed E-state index contributed by atoms with van der Waals surface area (Å²) in [5.74, 6) is 2.38. The van der Waals surface area contributed by atoms with Crippen LogP contribution in [0.15, 0.2) is 6.07 Å². The lowest BCUT2D eigenvalue weighted by molar-refractivity contribution is 0.713. The molecule has 1 aliphatic carbocycles. The summed E-state index contributed by atoms with van der Waals surface area (Å²) in [5, 5.41) is 0.745. The third kappa shape index (κ3) is 2.61. The van der Waals surface area contributed by atoms with Crippen molar-refractivity contribution < 1.29 is 0 Å². The fourth-order valence-electron chi connectivity index (χ4n) is 3.09. The molecule has 0 saturated carbocycles.